The van der Waals surface area contributed by atoms with Crippen LogP contribution in [0.2, 0.25) is 0 Å². The highest BCUT2D eigenvalue weighted by Gasteiger charge is 2.27. The Bertz CT molecular complexity index is 374. The van der Waals surface area contributed by atoms with Gasteiger partial charge < -0.3 is 10.1 Å². The molecule has 90 valence electrons. The number of rotatable bonds is 4. The number of alkyl halides is 1. The molecule has 1 heterocycles. The summed E-state index contributed by atoms with van der Waals surface area (Å²) in [6, 6.07) is 1.80. The maximum Gasteiger partial charge on any atom is 0.265 e. The van der Waals surface area contributed by atoms with Gasteiger partial charge in [-0.2, -0.15) is 0 Å². The van der Waals surface area contributed by atoms with Gasteiger partial charge in [0.05, 0.1) is 7.11 Å². The highest BCUT2D eigenvalue weighted by Crippen LogP contribution is 2.26. The van der Waals surface area contributed by atoms with E-state index in [-0.39, 0.29) is 16.3 Å². The lowest BCUT2D eigenvalue weighted by atomic mass is 10.0. The van der Waals surface area contributed by atoms with Crippen molar-refractivity contribution in [3.8, 4) is 5.75 Å². The molecule has 0 saturated heterocycles. The number of carbonyl (C=O) groups excluding carboxylic acids is 1. The minimum Gasteiger partial charge on any atom is -0.495 e. The van der Waals surface area contributed by atoms with E-state index in [0.29, 0.717) is 10.6 Å². The second kappa shape index (κ2) is 5.19. The Morgan fingerprint density at radius 2 is 2.25 bits per heavy atom. The van der Waals surface area contributed by atoms with Gasteiger partial charge in [-0.1, -0.05) is 22.9 Å². The molecule has 3 nitrogen and oxygen atoms in total. The smallest absolute Gasteiger partial charge is 0.265 e. The molecule has 0 aliphatic rings. The number of carbonyl (C=O) groups is 1. The van der Waals surface area contributed by atoms with Crippen molar-refractivity contribution in [3.05, 3.63) is 16.3 Å². The van der Waals surface area contributed by atoms with Crippen LogP contribution in [0.15, 0.2) is 11.4 Å². The molecule has 16 heavy (non-hydrogen) atoms. The van der Waals surface area contributed by atoms with E-state index in [0.717, 1.165) is 0 Å². The molecule has 1 rings (SSSR count). The summed E-state index contributed by atoms with van der Waals surface area (Å²) in [5.74, 6) is 0.531. The third-order valence-corrected chi connectivity index (χ3v) is 4.52. The molecule has 0 aliphatic heterocycles. The Balaban J connectivity index is 2.81. The molecule has 0 bridgehead atoms. The highest BCUT2D eigenvalue weighted by atomic mass is 79.9. The van der Waals surface area contributed by atoms with Crippen molar-refractivity contribution in [1.82, 2.24) is 5.32 Å². The fraction of sp³-hybridized carbons (Fsp3) is 0.545. The van der Waals surface area contributed by atoms with Crippen molar-refractivity contribution >= 4 is 33.2 Å². The normalized spacial score (nSPS) is 13.3. The van der Waals surface area contributed by atoms with Crippen molar-refractivity contribution in [2.75, 3.05) is 7.11 Å². The first-order chi connectivity index (χ1) is 7.38. The van der Waals surface area contributed by atoms with Crippen molar-refractivity contribution in [2.45, 2.75) is 31.1 Å². The summed E-state index contributed by atoms with van der Waals surface area (Å²) < 4.78 is 5.12. The van der Waals surface area contributed by atoms with Gasteiger partial charge in [0, 0.05) is 10.4 Å². The molecular weight excluding hydrogens is 290 g/mol. The largest absolute Gasteiger partial charge is 0.495 e. The Labute approximate surface area is 108 Å². The van der Waals surface area contributed by atoms with Crippen LogP contribution < -0.4 is 10.1 Å². The van der Waals surface area contributed by atoms with Gasteiger partial charge >= 0.3 is 0 Å². The minimum atomic E-state index is -0.300. The van der Waals surface area contributed by atoms with E-state index < -0.39 is 0 Å². The molecule has 0 saturated carbocycles. The minimum absolute atomic E-state index is 0.0943. The van der Waals surface area contributed by atoms with Gasteiger partial charge in [0.25, 0.3) is 5.91 Å². The van der Waals surface area contributed by atoms with E-state index in [4.69, 9.17) is 4.74 Å². The average molecular weight is 306 g/mol. The summed E-state index contributed by atoms with van der Waals surface area (Å²) in [7, 11) is 1.57. The maximum atomic E-state index is 12.0. The van der Waals surface area contributed by atoms with Crippen LogP contribution in [-0.4, -0.2) is 23.4 Å². The lowest BCUT2D eigenvalue weighted by Crippen LogP contribution is -2.48. The molecule has 1 N–H and O–H groups in total. The van der Waals surface area contributed by atoms with E-state index in [2.05, 4.69) is 21.2 Å². The van der Waals surface area contributed by atoms with Crippen molar-refractivity contribution < 1.29 is 9.53 Å². The lowest BCUT2D eigenvalue weighted by Gasteiger charge is -2.29. The van der Waals surface area contributed by atoms with Crippen LogP contribution in [0.25, 0.3) is 0 Å². The summed E-state index contributed by atoms with van der Waals surface area (Å²) in [5.41, 5.74) is -0.300. The van der Waals surface area contributed by atoms with E-state index in [1.165, 1.54) is 11.3 Å². The van der Waals surface area contributed by atoms with Gasteiger partial charge in [-0.3, -0.25) is 4.79 Å². The first-order valence-corrected chi connectivity index (χ1v) is 6.76. The molecule has 1 amide bonds. The fourth-order valence-corrected chi connectivity index (χ4v) is 1.94. The fourth-order valence-electron chi connectivity index (χ4n) is 1.07. The van der Waals surface area contributed by atoms with Gasteiger partial charge in [0.15, 0.2) is 0 Å². The van der Waals surface area contributed by atoms with Crippen LogP contribution in [0, 0.1) is 0 Å². The molecule has 5 heteroatoms. The molecule has 0 spiro atoms. The van der Waals surface area contributed by atoms with Crippen LogP contribution >= 0.6 is 27.3 Å². The van der Waals surface area contributed by atoms with Gasteiger partial charge in [0.2, 0.25) is 0 Å². The zero-order valence-electron chi connectivity index (χ0n) is 9.83. The molecule has 1 unspecified atom stereocenters. The molecular formula is C11H16BrNO2S. The number of ether oxygens (including phenoxy) is 1. The van der Waals surface area contributed by atoms with Crippen molar-refractivity contribution in [1.29, 1.82) is 0 Å². The Hall–Kier alpha value is -0.550. The third-order valence-electron chi connectivity index (χ3n) is 2.49. The monoisotopic (exact) mass is 305 g/mol. The topological polar surface area (TPSA) is 38.3 Å². The zero-order chi connectivity index (χ0) is 12.3. The number of nitrogens with one attached hydrogen (secondary N) is 1. The molecule has 0 aromatic carbocycles. The lowest BCUT2D eigenvalue weighted by molar-refractivity contribution is 0.0915. The van der Waals surface area contributed by atoms with Crippen molar-refractivity contribution in [2.24, 2.45) is 0 Å². The number of thiophene rings is 1. The zero-order valence-corrected chi connectivity index (χ0v) is 12.2. The number of methoxy groups -OCH3 is 1. The maximum absolute atomic E-state index is 12.0. The van der Waals surface area contributed by atoms with Crippen molar-refractivity contribution in [3.63, 3.8) is 0 Å². The molecule has 0 aliphatic carbocycles. The second-order valence-electron chi connectivity index (χ2n) is 4.11. The van der Waals surface area contributed by atoms with Crippen LogP contribution in [0.4, 0.5) is 0 Å². The Morgan fingerprint density at radius 3 is 2.75 bits per heavy atom. The number of hydrogen-bond donors (Lipinski definition) is 1. The van der Waals surface area contributed by atoms with Gasteiger partial charge in [-0.25, -0.2) is 0 Å². The van der Waals surface area contributed by atoms with Gasteiger partial charge in [-0.15, -0.1) is 11.3 Å². The Kier molecular flexibility index (Phi) is 4.38. The number of hydrogen-bond acceptors (Lipinski definition) is 3. The van der Waals surface area contributed by atoms with E-state index in [9.17, 15) is 4.79 Å². The SMILES string of the molecule is COc1ccsc1C(=O)NC(C)(C)C(C)Br. The summed E-state index contributed by atoms with van der Waals surface area (Å²) in [5, 5.41) is 4.82. The number of halogens is 1. The molecule has 1 aromatic rings. The van der Waals surface area contributed by atoms with Crippen LogP contribution in [0.3, 0.4) is 0 Å². The van der Waals surface area contributed by atoms with Gasteiger partial charge in [0.1, 0.15) is 10.6 Å². The van der Waals surface area contributed by atoms with Crippen LogP contribution in [0.1, 0.15) is 30.4 Å². The Morgan fingerprint density at radius 1 is 1.62 bits per heavy atom. The molecule has 0 fully saturated rings. The van der Waals surface area contributed by atoms with Crippen LogP contribution in [-0.2, 0) is 0 Å². The second-order valence-corrected chi connectivity index (χ2v) is 6.40. The van der Waals surface area contributed by atoms with E-state index in [1.807, 2.05) is 26.2 Å². The van der Waals surface area contributed by atoms with E-state index >= 15 is 0 Å². The molecule has 1 atom stereocenters. The molecule has 1 aromatic heterocycles. The summed E-state index contributed by atoms with van der Waals surface area (Å²) in [6.45, 7) is 5.96. The van der Waals surface area contributed by atoms with Crippen LogP contribution in [0.5, 0.6) is 5.75 Å². The quantitative estimate of drug-likeness (QED) is 0.868. The molecule has 0 radical (unpaired) electrons. The summed E-state index contributed by atoms with van der Waals surface area (Å²) in [4.78, 5) is 12.8. The first kappa shape index (κ1) is 13.5. The van der Waals surface area contributed by atoms with E-state index in [1.54, 1.807) is 13.2 Å². The highest BCUT2D eigenvalue weighted by molar-refractivity contribution is 9.09. The first-order valence-electron chi connectivity index (χ1n) is 4.96. The predicted molar refractivity (Wildman–Crippen MR) is 70.8 cm³/mol. The predicted octanol–water partition coefficient (Wildman–Crippen LogP) is 3.05. The average Bonchev–Trinajstić information content (AvgIpc) is 2.64. The third kappa shape index (κ3) is 2.98. The number of amides is 1. The standard InChI is InChI=1S/C11H16BrNO2S/c1-7(12)11(2,3)13-10(14)9-8(15-4)5-6-16-9/h5-7H,1-4H3,(H,13,14). The van der Waals surface area contributed by atoms with Gasteiger partial charge in [-0.05, 0) is 25.3 Å². The summed E-state index contributed by atoms with van der Waals surface area (Å²) >= 11 is 4.86. The summed E-state index contributed by atoms with van der Waals surface area (Å²) in [6.07, 6.45) is 0.